The van der Waals surface area contributed by atoms with Crippen molar-refractivity contribution >= 4 is 27.5 Å². The summed E-state index contributed by atoms with van der Waals surface area (Å²) in [5.41, 5.74) is 1.11. The molecular formula is C30H36FN3O4S. The molecule has 0 spiro atoms. The minimum atomic E-state index is -4.13. The van der Waals surface area contributed by atoms with Gasteiger partial charge in [0.2, 0.25) is 11.8 Å². The van der Waals surface area contributed by atoms with Gasteiger partial charge in [0, 0.05) is 12.1 Å². The van der Waals surface area contributed by atoms with Crippen molar-refractivity contribution in [3.63, 3.8) is 0 Å². The second-order valence-corrected chi connectivity index (χ2v) is 12.3. The molecule has 7 nitrogen and oxygen atoms in total. The lowest BCUT2D eigenvalue weighted by Gasteiger charge is -2.35. The van der Waals surface area contributed by atoms with E-state index in [0.29, 0.717) is 23.2 Å². The molecule has 1 atom stereocenters. The van der Waals surface area contributed by atoms with Crippen molar-refractivity contribution in [2.45, 2.75) is 64.1 Å². The third kappa shape index (κ3) is 7.66. The van der Waals surface area contributed by atoms with Crippen LogP contribution in [-0.2, 0) is 26.2 Å². The van der Waals surface area contributed by atoms with Gasteiger partial charge in [0.25, 0.3) is 10.0 Å². The molecule has 39 heavy (non-hydrogen) atoms. The van der Waals surface area contributed by atoms with Crippen molar-refractivity contribution in [2.24, 2.45) is 0 Å². The molecule has 0 aliphatic heterocycles. The van der Waals surface area contributed by atoms with Gasteiger partial charge in [0.05, 0.1) is 10.6 Å². The molecule has 0 heterocycles. The monoisotopic (exact) mass is 553 g/mol. The average Bonchev–Trinajstić information content (AvgIpc) is 2.88. The molecule has 2 amide bonds. The van der Waals surface area contributed by atoms with Crippen LogP contribution in [0.2, 0.25) is 0 Å². The number of carbonyl (C=O) groups excluding carboxylic acids is 2. The first-order valence-corrected chi connectivity index (χ1v) is 14.3. The number of aryl methyl sites for hydroxylation is 1. The minimum Gasteiger partial charge on any atom is -0.350 e. The predicted molar refractivity (Wildman–Crippen MR) is 151 cm³/mol. The minimum absolute atomic E-state index is 0.00216. The summed E-state index contributed by atoms with van der Waals surface area (Å²) in [6.45, 7) is 8.57. The van der Waals surface area contributed by atoms with E-state index in [1.807, 2.05) is 20.8 Å². The van der Waals surface area contributed by atoms with Crippen molar-refractivity contribution < 1.29 is 22.4 Å². The van der Waals surface area contributed by atoms with E-state index >= 15 is 0 Å². The van der Waals surface area contributed by atoms with Crippen molar-refractivity contribution in [3.8, 4) is 0 Å². The van der Waals surface area contributed by atoms with Gasteiger partial charge in [0.1, 0.15) is 18.4 Å². The van der Waals surface area contributed by atoms with Crippen LogP contribution in [0.25, 0.3) is 0 Å². The topological polar surface area (TPSA) is 86.8 Å². The Hall–Kier alpha value is -3.72. The Morgan fingerprint density at radius 1 is 0.923 bits per heavy atom. The lowest BCUT2D eigenvalue weighted by Crippen LogP contribution is -2.55. The Kier molecular flexibility index (Phi) is 9.50. The van der Waals surface area contributed by atoms with Crippen LogP contribution in [0.3, 0.4) is 0 Å². The maximum absolute atomic E-state index is 14.0. The molecule has 3 aromatic carbocycles. The van der Waals surface area contributed by atoms with Gasteiger partial charge >= 0.3 is 0 Å². The molecule has 1 N–H and O–H groups in total. The van der Waals surface area contributed by atoms with Gasteiger partial charge in [-0.05, 0) is 75.6 Å². The molecule has 0 saturated heterocycles. The predicted octanol–water partition coefficient (Wildman–Crippen LogP) is 5.05. The van der Waals surface area contributed by atoms with E-state index in [9.17, 15) is 22.4 Å². The number of nitrogens with zero attached hydrogens (tertiary/aromatic N) is 2. The number of hydrogen-bond acceptors (Lipinski definition) is 4. The van der Waals surface area contributed by atoms with Crippen LogP contribution in [0.1, 0.15) is 45.2 Å². The summed E-state index contributed by atoms with van der Waals surface area (Å²) >= 11 is 0. The first-order valence-electron chi connectivity index (χ1n) is 12.8. The summed E-state index contributed by atoms with van der Waals surface area (Å²) in [6, 6.07) is 19.6. The molecule has 0 fully saturated rings. The van der Waals surface area contributed by atoms with Crippen LogP contribution in [0.15, 0.2) is 83.8 Å². The van der Waals surface area contributed by atoms with Gasteiger partial charge in [-0.1, -0.05) is 55.5 Å². The number of carbonyl (C=O) groups is 2. The van der Waals surface area contributed by atoms with Gasteiger partial charge in [-0.3, -0.25) is 13.9 Å². The lowest BCUT2D eigenvalue weighted by molar-refractivity contribution is -0.141. The van der Waals surface area contributed by atoms with E-state index < -0.39 is 39.9 Å². The summed E-state index contributed by atoms with van der Waals surface area (Å²) in [5.74, 6) is -1.33. The summed E-state index contributed by atoms with van der Waals surface area (Å²) in [4.78, 5) is 28.8. The van der Waals surface area contributed by atoms with Gasteiger partial charge in [-0.15, -0.1) is 0 Å². The lowest BCUT2D eigenvalue weighted by atomic mass is 10.1. The highest BCUT2D eigenvalue weighted by Crippen LogP contribution is 2.27. The maximum atomic E-state index is 14.0. The number of amides is 2. The molecule has 3 rings (SSSR count). The zero-order valence-electron chi connectivity index (χ0n) is 23.0. The molecule has 3 aromatic rings. The number of anilines is 1. The van der Waals surface area contributed by atoms with E-state index in [4.69, 9.17) is 0 Å². The number of nitrogens with one attached hydrogen (secondary N) is 1. The maximum Gasteiger partial charge on any atom is 0.264 e. The third-order valence-corrected chi connectivity index (χ3v) is 7.92. The zero-order valence-corrected chi connectivity index (χ0v) is 23.8. The third-order valence-electron chi connectivity index (χ3n) is 6.14. The normalized spacial score (nSPS) is 12.5. The average molecular weight is 554 g/mol. The zero-order chi connectivity index (χ0) is 28.8. The molecule has 208 valence electrons. The quantitative estimate of drug-likeness (QED) is 0.381. The molecule has 0 saturated carbocycles. The highest BCUT2D eigenvalue weighted by atomic mass is 32.2. The Bertz CT molecular complexity index is 1390. The van der Waals surface area contributed by atoms with Crippen LogP contribution < -0.4 is 9.62 Å². The molecule has 0 aliphatic carbocycles. The highest BCUT2D eigenvalue weighted by Gasteiger charge is 2.34. The van der Waals surface area contributed by atoms with Crippen LogP contribution in [-0.4, -0.2) is 43.3 Å². The Labute approximate surface area is 230 Å². The molecule has 0 aromatic heterocycles. The van der Waals surface area contributed by atoms with Crippen LogP contribution >= 0.6 is 0 Å². The number of halogens is 1. The summed E-state index contributed by atoms with van der Waals surface area (Å²) < 4.78 is 42.4. The molecular weight excluding hydrogens is 517 g/mol. The molecule has 0 radical (unpaired) electrons. The van der Waals surface area contributed by atoms with Crippen molar-refractivity contribution in [3.05, 3.63) is 95.8 Å². The van der Waals surface area contributed by atoms with E-state index in [0.717, 1.165) is 4.31 Å². The van der Waals surface area contributed by atoms with Crippen molar-refractivity contribution in [1.82, 2.24) is 10.2 Å². The van der Waals surface area contributed by atoms with Crippen molar-refractivity contribution in [1.29, 1.82) is 0 Å². The Morgan fingerprint density at radius 2 is 1.51 bits per heavy atom. The van der Waals surface area contributed by atoms with Crippen LogP contribution in [0, 0.1) is 12.7 Å². The highest BCUT2D eigenvalue weighted by molar-refractivity contribution is 7.92. The standard InChI is InChI=1S/C30H36FN3O4S/c1-6-26(29(36)32-30(3,4)5)33(20-23-16-18-24(31)19-17-23)28(35)21-34(27-15-11-10-12-22(27)2)39(37,38)25-13-8-7-9-14-25/h7-19,26H,6,20-21H2,1-5H3,(H,32,36)/t26-/m1/s1. The number of sulfonamides is 1. The fourth-order valence-corrected chi connectivity index (χ4v) is 5.73. The van der Waals surface area contributed by atoms with Gasteiger partial charge in [-0.2, -0.15) is 0 Å². The van der Waals surface area contributed by atoms with Crippen LogP contribution in [0.5, 0.6) is 0 Å². The van der Waals surface area contributed by atoms with E-state index in [1.165, 1.54) is 29.2 Å². The SMILES string of the molecule is CC[C@H](C(=O)NC(C)(C)C)N(Cc1ccc(F)cc1)C(=O)CN(c1ccccc1C)S(=O)(=O)c1ccccc1. The van der Waals surface area contributed by atoms with E-state index in [2.05, 4.69) is 5.32 Å². The summed E-state index contributed by atoms with van der Waals surface area (Å²) in [5, 5.41) is 2.93. The summed E-state index contributed by atoms with van der Waals surface area (Å²) in [7, 11) is -4.13. The van der Waals surface area contributed by atoms with E-state index in [-0.39, 0.29) is 17.3 Å². The molecule has 9 heteroatoms. The summed E-state index contributed by atoms with van der Waals surface area (Å²) in [6.07, 6.45) is 0.296. The first-order chi connectivity index (χ1) is 18.3. The second kappa shape index (κ2) is 12.4. The largest absolute Gasteiger partial charge is 0.350 e. The van der Waals surface area contributed by atoms with Crippen molar-refractivity contribution in [2.75, 3.05) is 10.8 Å². The molecule has 0 unspecified atom stereocenters. The van der Waals surface area contributed by atoms with Gasteiger partial charge < -0.3 is 10.2 Å². The number of benzene rings is 3. The second-order valence-electron chi connectivity index (χ2n) is 10.4. The fourth-order valence-electron chi connectivity index (χ4n) is 4.24. The van der Waals surface area contributed by atoms with Crippen LogP contribution in [0.4, 0.5) is 10.1 Å². The Morgan fingerprint density at radius 3 is 2.08 bits per heavy atom. The van der Waals surface area contributed by atoms with Gasteiger partial charge in [-0.25, -0.2) is 12.8 Å². The number of hydrogen-bond donors (Lipinski definition) is 1. The smallest absolute Gasteiger partial charge is 0.264 e. The van der Waals surface area contributed by atoms with E-state index in [1.54, 1.807) is 68.4 Å². The molecule has 0 aliphatic rings. The first kappa shape index (κ1) is 29.8. The Balaban J connectivity index is 2.07. The van der Waals surface area contributed by atoms with Gasteiger partial charge in [0.15, 0.2) is 0 Å². The number of rotatable bonds is 10. The number of para-hydroxylation sites is 1. The fraction of sp³-hybridized carbons (Fsp3) is 0.333. The molecule has 0 bridgehead atoms.